The lowest BCUT2D eigenvalue weighted by molar-refractivity contribution is -0.132. The summed E-state index contributed by atoms with van der Waals surface area (Å²) in [5, 5.41) is 5.82. The molecule has 0 radical (unpaired) electrons. The highest BCUT2D eigenvalue weighted by atomic mass is 16.5. The zero-order chi connectivity index (χ0) is 19.8. The van der Waals surface area contributed by atoms with E-state index in [1.807, 2.05) is 13.8 Å². The Morgan fingerprint density at radius 2 is 1.70 bits per heavy atom. The van der Waals surface area contributed by atoms with Crippen LogP contribution in [0, 0.1) is 11.8 Å². The summed E-state index contributed by atoms with van der Waals surface area (Å²) in [6, 6.07) is 6.33. The fourth-order valence-corrected chi connectivity index (χ4v) is 3.35. The first-order chi connectivity index (χ1) is 12.9. The Balaban J connectivity index is 1.90. The molecule has 0 heterocycles. The summed E-state index contributed by atoms with van der Waals surface area (Å²) >= 11 is 0. The van der Waals surface area contributed by atoms with Gasteiger partial charge < -0.3 is 15.4 Å². The molecule has 0 spiro atoms. The first-order valence-corrected chi connectivity index (χ1v) is 9.67. The van der Waals surface area contributed by atoms with Gasteiger partial charge in [-0.2, -0.15) is 0 Å². The monoisotopic (exact) mass is 374 g/mol. The van der Waals surface area contributed by atoms with Crippen LogP contribution in [0.1, 0.15) is 61.9 Å². The third kappa shape index (κ3) is 6.08. The molecular weight excluding hydrogens is 344 g/mol. The van der Waals surface area contributed by atoms with Crippen molar-refractivity contribution >= 4 is 17.8 Å². The zero-order valence-electron chi connectivity index (χ0n) is 16.4. The van der Waals surface area contributed by atoms with E-state index < -0.39 is 12.0 Å². The number of methoxy groups -OCH3 is 1. The molecule has 6 nitrogen and oxygen atoms in total. The number of hydrogen-bond acceptors (Lipinski definition) is 4. The van der Waals surface area contributed by atoms with Crippen LogP contribution in [0.5, 0.6) is 0 Å². The Hall–Kier alpha value is -2.37. The summed E-state index contributed by atoms with van der Waals surface area (Å²) in [6.45, 7) is 4.19. The standard InChI is InChI=1S/C21H30N2O4/c1-14(2)18(23-19(24)16-7-5-4-6-8-16)20(25)22-13-15-9-11-17(12-10-15)21(26)27-3/h9-12,14,16,18H,4-8,13H2,1-3H3,(H,22,25)(H,23,24). The molecule has 1 saturated carbocycles. The molecule has 0 bridgehead atoms. The Labute approximate surface area is 161 Å². The van der Waals surface area contributed by atoms with E-state index in [1.165, 1.54) is 13.5 Å². The molecule has 0 aromatic heterocycles. The van der Waals surface area contributed by atoms with Crippen LogP contribution in [0.2, 0.25) is 0 Å². The fraction of sp³-hybridized carbons (Fsp3) is 0.571. The molecule has 1 fully saturated rings. The largest absolute Gasteiger partial charge is 0.465 e. The number of rotatable bonds is 7. The number of benzene rings is 1. The molecule has 2 N–H and O–H groups in total. The van der Waals surface area contributed by atoms with Gasteiger partial charge in [0, 0.05) is 12.5 Å². The van der Waals surface area contributed by atoms with Crippen molar-refractivity contribution in [2.24, 2.45) is 11.8 Å². The van der Waals surface area contributed by atoms with Gasteiger partial charge in [-0.3, -0.25) is 9.59 Å². The van der Waals surface area contributed by atoms with Gasteiger partial charge in [-0.05, 0) is 36.5 Å². The predicted molar refractivity (Wildman–Crippen MR) is 103 cm³/mol. The number of ether oxygens (including phenoxy) is 1. The third-order valence-corrected chi connectivity index (χ3v) is 5.06. The number of esters is 1. The van der Waals surface area contributed by atoms with E-state index in [-0.39, 0.29) is 23.7 Å². The maximum absolute atomic E-state index is 12.6. The highest BCUT2D eigenvalue weighted by Gasteiger charge is 2.28. The lowest BCUT2D eigenvalue weighted by atomic mass is 9.88. The normalized spacial score (nSPS) is 15.9. The average Bonchev–Trinajstić information content (AvgIpc) is 2.70. The Kier molecular flexibility index (Phi) is 7.82. The molecule has 1 aliphatic rings. The summed E-state index contributed by atoms with van der Waals surface area (Å²) in [5.41, 5.74) is 1.34. The van der Waals surface area contributed by atoms with E-state index in [0.717, 1.165) is 31.2 Å². The van der Waals surface area contributed by atoms with Gasteiger partial charge >= 0.3 is 5.97 Å². The minimum atomic E-state index is -0.547. The van der Waals surface area contributed by atoms with Gasteiger partial charge in [0.1, 0.15) is 6.04 Å². The average molecular weight is 374 g/mol. The smallest absolute Gasteiger partial charge is 0.337 e. The molecule has 1 atom stereocenters. The highest BCUT2D eigenvalue weighted by Crippen LogP contribution is 2.24. The van der Waals surface area contributed by atoms with E-state index in [1.54, 1.807) is 24.3 Å². The maximum Gasteiger partial charge on any atom is 0.337 e. The van der Waals surface area contributed by atoms with Gasteiger partial charge in [-0.25, -0.2) is 4.79 Å². The number of carbonyl (C=O) groups is 3. The molecule has 1 aromatic carbocycles. The Morgan fingerprint density at radius 1 is 1.07 bits per heavy atom. The number of hydrogen-bond donors (Lipinski definition) is 2. The van der Waals surface area contributed by atoms with Crippen molar-refractivity contribution in [3.8, 4) is 0 Å². The van der Waals surface area contributed by atoms with Crippen molar-refractivity contribution in [3.63, 3.8) is 0 Å². The Morgan fingerprint density at radius 3 is 2.26 bits per heavy atom. The summed E-state index contributed by atoms with van der Waals surface area (Å²) in [7, 11) is 1.34. The van der Waals surface area contributed by atoms with E-state index in [4.69, 9.17) is 0 Å². The van der Waals surface area contributed by atoms with Crippen molar-refractivity contribution in [1.82, 2.24) is 10.6 Å². The molecule has 148 valence electrons. The van der Waals surface area contributed by atoms with Crippen LogP contribution in [0.15, 0.2) is 24.3 Å². The summed E-state index contributed by atoms with van der Waals surface area (Å²) in [5.74, 6) is -0.564. The molecule has 1 aliphatic carbocycles. The van der Waals surface area contributed by atoms with Crippen molar-refractivity contribution in [2.75, 3.05) is 7.11 Å². The maximum atomic E-state index is 12.6. The van der Waals surface area contributed by atoms with Gasteiger partial charge in [0.25, 0.3) is 0 Å². The van der Waals surface area contributed by atoms with E-state index in [2.05, 4.69) is 15.4 Å². The summed E-state index contributed by atoms with van der Waals surface area (Å²) < 4.78 is 4.67. The molecule has 2 rings (SSSR count). The van der Waals surface area contributed by atoms with Gasteiger partial charge in [0.05, 0.1) is 12.7 Å². The molecule has 0 saturated heterocycles. The molecular formula is C21H30N2O4. The van der Waals surface area contributed by atoms with Crippen LogP contribution < -0.4 is 10.6 Å². The molecule has 0 aliphatic heterocycles. The molecule has 27 heavy (non-hydrogen) atoms. The fourth-order valence-electron chi connectivity index (χ4n) is 3.35. The van der Waals surface area contributed by atoms with Crippen LogP contribution in [0.4, 0.5) is 0 Å². The van der Waals surface area contributed by atoms with Crippen LogP contribution in [-0.2, 0) is 20.9 Å². The topological polar surface area (TPSA) is 84.5 Å². The van der Waals surface area contributed by atoms with E-state index in [9.17, 15) is 14.4 Å². The van der Waals surface area contributed by atoms with Crippen molar-refractivity contribution in [1.29, 1.82) is 0 Å². The van der Waals surface area contributed by atoms with Crippen LogP contribution in [0.3, 0.4) is 0 Å². The molecule has 1 aromatic rings. The SMILES string of the molecule is COC(=O)c1ccc(CNC(=O)C(NC(=O)C2CCCCC2)C(C)C)cc1. The first-order valence-electron chi connectivity index (χ1n) is 9.67. The second-order valence-electron chi connectivity index (χ2n) is 7.47. The molecule has 6 heteroatoms. The van der Waals surface area contributed by atoms with Crippen LogP contribution in [-0.4, -0.2) is 30.9 Å². The third-order valence-electron chi connectivity index (χ3n) is 5.06. The van der Waals surface area contributed by atoms with E-state index in [0.29, 0.717) is 12.1 Å². The zero-order valence-corrected chi connectivity index (χ0v) is 16.4. The molecule has 1 unspecified atom stereocenters. The number of nitrogens with one attached hydrogen (secondary N) is 2. The van der Waals surface area contributed by atoms with Crippen molar-refractivity contribution < 1.29 is 19.1 Å². The van der Waals surface area contributed by atoms with Gasteiger partial charge in [-0.1, -0.05) is 45.2 Å². The first kappa shape index (κ1) is 20.9. The lowest BCUT2D eigenvalue weighted by Crippen LogP contribution is -2.51. The predicted octanol–water partition coefficient (Wildman–Crippen LogP) is 2.81. The van der Waals surface area contributed by atoms with Gasteiger partial charge in [-0.15, -0.1) is 0 Å². The highest BCUT2D eigenvalue weighted by molar-refractivity contribution is 5.89. The number of carbonyl (C=O) groups excluding carboxylic acids is 3. The van der Waals surface area contributed by atoms with Crippen LogP contribution >= 0.6 is 0 Å². The van der Waals surface area contributed by atoms with Gasteiger partial charge in [0.15, 0.2) is 0 Å². The second-order valence-corrected chi connectivity index (χ2v) is 7.47. The van der Waals surface area contributed by atoms with Crippen molar-refractivity contribution in [3.05, 3.63) is 35.4 Å². The number of amides is 2. The summed E-state index contributed by atoms with van der Waals surface area (Å²) in [6.07, 6.45) is 5.17. The second kappa shape index (κ2) is 10.1. The van der Waals surface area contributed by atoms with Crippen molar-refractivity contribution in [2.45, 2.75) is 58.5 Å². The summed E-state index contributed by atoms with van der Waals surface area (Å²) in [4.78, 5) is 36.5. The van der Waals surface area contributed by atoms with Crippen LogP contribution in [0.25, 0.3) is 0 Å². The van der Waals surface area contributed by atoms with Gasteiger partial charge in [0.2, 0.25) is 11.8 Å². The lowest BCUT2D eigenvalue weighted by Gasteiger charge is -2.26. The van der Waals surface area contributed by atoms with E-state index >= 15 is 0 Å². The quantitative estimate of drug-likeness (QED) is 0.719. The molecule has 2 amide bonds. The minimum absolute atomic E-state index is 0.000703. The minimum Gasteiger partial charge on any atom is -0.465 e. The Bertz CT molecular complexity index is 649.